The van der Waals surface area contributed by atoms with E-state index in [9.17, 15) is 4.79 Å². The fourth-order valence-electron chi connectivity index (χ4n) is 1.35. The van der Waals surface area contributed by atoms with E-state index in [0.29, 0.717) is 12.2 Å². The van der Waals surface area contributed by atoms with Crippen LogP contribution in [0.5, 0.6) is 0 Å². The summed E-state index contributed by atoms with van der Waals surface area (Å²) < 4.78 is 5.07. The monoisotopic (exact) mass is 255 g/mol. The molecule has 17 heavy (non-hydrogen) atoms. The van der Waals surface area contributed by atoms with Gasteiger partial charge >= 0.3 is 0 Å². The van der Waals surface area contributed by atoms with E-state index in [4.69, 9.17) is 9.52 Å². The summed E-state index contributed by atoms with van der Waals surface area (Å²) in [5, 5.41) is 11.7. The fourth-order valence-corrected chi connectivity index (χ4v) is 2.00. The van der Waals surface area contributed by atoms with Crippen molar-refractivity contribution < 1.29 is 14.3 Å². The molecule has 1 aromatic heterocycles. The average Bonchev–Trinajstić information content (AvgIpc) is 2.80. The number of aliphatic hydroxyl groups is 1. The summed E-state index contributed by atoms with van der Waals surface area (Å²) in [6.45, 7) is 0.0768. The van der Waals surface area contributed by atoms with Gasteiger partial charge in [0.2, 0.25) is 5.91 Å². The fraction of sp³-hybridized carbons (Fsp3) is 0.417. The molecule has 94 valence electrons. The van der Waals surface area contributed by atoms with E-state index in [1.54, 1.807) is 36.2 Å². The Morgan fingerprint density at radius 2 is 2.53 bits per heavy atom. The Balaban J connectivity index is 2.41. The second kappa shape index (κ2) is 7.97. The topological polar surface area (TPSA) is 62.5 Å². The number of aliphatic hydroxyl groups excluding tert-OH is 1. The van der Waals surface area contributed by atoms with Crippen molar-refractivity contribution in [3.63, 3.8) is 0 Å². The van der Waals surface area contributed by atoms with Crippen molar-refractivity contribution in [1.82, 2.24) is 5.32 Å². The normalized spacial score (nSPS) is 12.8. The number of nitrogens with one attached hydrogen (secondary N) is 1. The molecule has 0 spiro atoms. The Morgan fingerprint density at radius 3 is 3.12 bits per heavy atom. The zero-order chi connectivity index (χ0) is 12.5. The van der Waals surface area contributed by atoms with E-state index in [1.165, 1.54) is 6.08 Å². The van der Waals surface area contributed by atoms with Crippen LogP contribution in [0.3, 0.4) is 0 Å². The predicted molar refractivity (Wildman–Crippen MR) is 69.8 cm³/mol. The second-order valence-corrected chi connectivity index (χ2v) is 4.43. The first-order chi connectivity index (χ1) is 8.26. The highest BCUT2D eigenvalue weighted by atomic mass is 32.2. The molecule has 0 bridgehead atoms. The Labute approximate surface area is 105 Å². The molecule has 0 aliphatic heterocycles. The Kier molecular flexibility index (Phi) is 6.50. The van der Waals surface area contributed by atoms with E-state index in [1.807, 2.05) is 6.26 Å². The molecule has 0 saturated carbocycles. The van der Waals surface area contributed by atoms with Crippen molar-refractivity contribution in [3.05, 3.63) is 30.2 Å². The second-order valence-electron chi connectivity index (χ2n) is 3.52. The van der Waals surface area contributed by atoms with Crippen LogP contribution in [0.15, 0.2) is 28.9 Å². The van der Waals surface area contributed by atoms with Gasteiger partial charge in [-0.2, -0.15) is 11.8 Å². The zero-order valence-corrected chi connectivity index (χ0v) is 10.6. The van der Waals surface area contributed by atoms with Gasteiger partial charge in [-0.1, -0.05) is 0 Å². The zero-order valence-electron chi connectivity index (χ0n) is 9.76. The molecule has 4 nitrogen and oxygen atoms in total. The Morgan fingerprint density at radius 1 is 1.71 bits per heavy atom. The van der Waals surface area contributed by atoms with E-state index in [0.717, 1.165) is 5.75 Å². The first-order valence-corrected chi connectivity index (χ1v) is 6.77. The maximum atomic E-state index is 11.6. The number of furan rings is 1. The van der Waals surface area contributed by atoms with Gasteiger partial charge < -0.3 is 14.8 Å². The van der Waals surface area contributed by atoms with Gasteiger partial charge in [-0.15, -0.1) is 0 Å². The number of thioether (sulfide) groups is 1. The average molecular weight is 255 g/mol. The minimum atomic E-state index is -0.172. The Hall–Kier alpha value is -1.20. The van der Waals surface area contributed by atoms with Crippen LogP contribution in [-0.2, 0) is 4.79 Å². The molecular formula is C12H17NO3S. The van der Waals surface area contributed by atoms with Gasteiger partial charge in [0.25, 0.3) is 0 Å². The number of carbonyl (C=O) groups is 1. The number of hydrogen-bond acceptors (Lipinski definition) is 4. The molecule has 1 rings (SSSR count). The summed E-state index contributed by atoms with van der Waals surface area (Å²) in [4.78, 5) is 11.6. The Bertz CT molecular complexity index is 343. The number of hydrogen-bond donors (Lipinski definition) is 2. The third kappa shape index (κ3) is 5.60. The van der Waals surface area contributed by atoms with Crippen molar-refractivity contribution in [1.29, 1.82) is 0 Å². The molecule has 0 aromatic carbocycles. The molecule has 5 heteroatoms. The summed E-state index contributed by atoms with van der Waals surface area (Å²) >= 11 is 1.64. The molecule has 1 amide bonds. The lowest BCUT2D eigenvalue weighted by molar-refractivity contribution is -0.117. The molecule has 1 aromatic rings. The van der Waals surface area contributed by atoms with Crippen LogP contribution in [-0.4, -0.2) is 35.7 Å². The molecule has 2 N–H and O–H groups in total. The van der Waals surface area contributed by atoms with Crippen molar-refractivity contribution >= 4 is 23.7 Å². The lowest BCUT2D eigenvalue weighted by Gasteiger charge is -2.15. The minimum Gasteiger partial charge on any atom is -0.465 e. The molecule has 0 radical (unpaired) electrons. The van der Waals surface area contributed by atoms with Crippen molar-refractivity contribution in [2.24, 2.45) is 0 Å². The molecule has 1 heterocycles. The first-order valence-electron chi connectivity index (χ1n) is 5.38. The van der Waals surface area contributed by atoms with Crippen LogP contribution >= 0.6 is 11.8 Å². The van der Waals surface area contributed by atoms with E-state index in [2.05, 4.69) is 5.32 Å². The molecular weight excluding hydrogens is 238 g/mol. The van der Waals surface area contributed by atoms with Gasteiger partial charge in [0.1, 0.15) is 5.76 Å². The molecule has 1 unspecified atom stereocenters. The number of amides is 1. The van der Waals surface area contributed by atoms with E-state index < -0.39 is 0 Å². The highest BCUT2D eigenvalue weighted by Gasteiger charge is 2.09. The third-order valence-electron chi connectivity index (χ3n) is 2.13. The standard InChI is InChI=1S/C12H17NO3S/c1-17-9-10(6-7-14)13-12(15)5-4-11-3-2-8-16-11/h2-5,8,10,14H,6-7,9H2,1H3,(H,13,15)/b5-4+. The van der Waals surface area contributed by atoms with Crippen molar-refractivity contribution in [2.75, 3.05) is 18.6 Å². The lowest BCUT2D eigenvalue weighted by atomic mass is 10.2. The summed E-state index contributed by atoms with van der Waals surface area (Å²) in [5.41, 5.74) is 0. The summed E-state index contributed by atoms with van der Waals surface area (Å²) in [6, 6.07) is 3.54. The summed E-state index contributed by atoms with van der Waals surface area (Å²) in [7, 11) is 0. The van der Waals surface area contributed by atoms with E-state index >= 15 is 0 Å². The highest BCUT2D eigenvalue weighted by Crippen LogP contribution is 2.03. The van der Waals surface area contributed by atoms with Gasteiger partial charge in [-0.3, -0.25) is 4.79 Å². The van der Waals surface area contributed by atoms with Crippen LogP contribution < -0.4 is 5.32 Å². The summed E-state index contributed by atoms with van der Waals surface area (Å²) in [5.74, 6) is 1.26. The van der Waals surface area contributed by atoms with Crippen LogP contribution in [0.25, 0.3) is 6.08 Å². The van der Waals surface area contributed by atoms with Crippen molar-refractivity contribution in [3.8, 4) is 0 Å². The van der Waals surface area contributed by atoms with Gasteiger partial charge in [0.15, 0.2) is 0 Å². The van der Waals surface area contributed by atoms with Crippen molar-refractivity contribution in [2.45, 2.75) is 12.5 Å². The molecule has 1 atom stereocenters. The predicted octanol–water partition coefficient (Wildman–Crippen LogP) is 1.52. The third-order valence-corrected chi connectivity index (χ3v) is 2.87. The number of rotatable bonds is 7. The SMILES string of the molecule is CSCC(CCO)NC(=O)/C=C/c1ccco1. The molecule has 0 fully saturated rings. The lowest BCUT2D eigenvalue weighted by Crippen LogP contribution is -2.36. The van der Waals surface area contributed by atoms with Crippen LogP contribution in [0, 0.1) is 0 Å². The largest absolute Gasteiger partial charge is 0.465 e. The molecule has 0 aliphatic rings. The van der Waals surface area contributed by atoms with Crippen LogP contribution in [0.1, 0.15) is 12.2 Å². The maximum absolute atomic E-state index is 11.6. The van der Waals surface area contributed by atoms with Gasteiger partial charge in [-0.25, -0.2) is 0 Å². The van der Waals surface area contributed by atoms with Crippen LogP contribution in [0.4, 0.5) is 0 Å². The first kappa shape index (κ1) is 13.9. The highest BCUT2D eigenvalue weighted by molar-refractivity contribution is 7.98. The molecule has 0 aliphatic carbocycles. The summed E-state index contributed by atoms with van der Waals surface area (Å²) in [6.07, 6.45) is 7.14. The van der Waals surface area contributed by atoms with Gasteiger partial charge in [0, 0.05) is 24.5 Å². The van der Waals surface area contributed by atoms with E-state index in [-0.39, 0.29) is 18.6 Å². The minimum absolute atomic E-state index is 0.00347. The smallest absolute Gasteiger partial charge is 0.244 e. The number of carbonyl (C=O) groups excluding carboxylic acids is 1. The van der Waals surface area contributed by atoms with Gasteiger partial charge in [0.05, 0.1) is 6.26 Å². The quantitative estimate of drug-likeness (QED) is 0.725. The van der Waals surface area contributed by atoms with Crippen LogP contribution in [0.2, 0.25) is 0 Å². The van der Waals surface area contributed by atoms with Gasteiger partial charge in [-0.05, 0) is 30.9 Å². The molecule has 0 saturated heterocycles. The maximum Gasteiger partial charge on any atom is 0.244 e.